The number of benzene rings is 2. The summed E-state index contributed by atoms with van der Waals surface area (Å²) in [5.74, 6) is 0.0210. The van der Waals surface area contributed by atoms with Gasteiger partial charge in [0.2, 0.25) is 17.6 Å². The van der Waals surface area contributed by atoms with Gasteiger partial charge in [0.1, 0.15) is 6.54 Å². The number of aryl methyl sites for hydroxylation is 1. The zero-order valence-electron chi connectivity index (χ0n) is 15.8. The molecule has 0 saturated carbocycles. The van der Waals surface area contributed by atoms with Gasteiger partial charge in [-0.15, -0.1) is 10.2 Å². The maximum Gasteiger partial charge on any atom is 0.248 e. The van der Waals surface area contributed by atoms with Gasteiger partial charge < -0.3 is 10.6 Å². The summed E-state index contributed by atoms with van der Waals surface area (Å²) in [7, 11) is 0. The molecule has 3 rings (SSSR count). The molecule has 8 heteroatoms. The van der Waals surface area contributed by atoms with Crippen molar-refractivity contribution in [2.75, 3.05) is 10.6 Å². The first-order valence-electron chi connectivity index (χ1n) is 9.08. The van der Waals surface area contributed by atoms with Crippen LogP contribution in [0.2, 0.25) is 0 Å². The van der Waals surface area contributed by atoms with Gasteiger partial charge in [0.15, 0.2) is 0 Å². The predicted molar refractivity (Wildman–Crippen MR) is 107 cm³/mol. The van der Waals surface area contributed by atoms with Crippen LogP contribution in [0.1, 0.15) is 25.3 Å². The van der Waals surface area contributed by atoms with Crippen LogP contribution in [0.4, 0.5) is 11.4 Å². The number of rotatable bonds is 7. The van der Waals surface area contributed by atoms with Crippen LogP contribution in [0.3, 0.4) is 0 Å². The molecule has 1 aromatic heterocycles. The summed E-state index contributed by atoms with van der Waals surface area (Å²) in [5.41, 5.74) is 3.09. The Morgan fingerprint density at radius 1 is 1.00 bits per heavy atom. The molecule has 0 atom stereocenters. The Morgan fingerprint density at radius 3 is 2.50 bits per heavy atom. The lowest BCUT2D eigenvalue weighted by molar-refractivity contribution is -0.117. The van der Waals surface area contributed by atoms with Crippen molar-refractivity contribution in [3.8, 4) is 11.4 Å². The van der Waals surface area contributed by atoms with E-state index in [1.54, 1.807) is 12.1 Å². The average Bonchev–Trinajstić information content (AvgIpc) is 3.12. The van der Waals surface area contributed by atoms with E-state index < -0.39 is 0 Å². The van der Waals surface area contributed by atoms with Crippen LogP contribution in [0.25, 0.3) is 11.4 Å². The molecule has 2 amide bonds. The summed E-state index contributed by atoms with van der Waals surface area (Å²) in [6.45, 7) is 3.86. The largest absolute Gasteiger partial charge is 0.325 e. The number of para-hydroxylation sites is 1. The van der Waals surface area contributed by atoms with Crippen LogP contribution in [-0.4, -0.2) is 32.0 Å². The number of nitrogens with one attached hydrogen (secondary N) is 2. The minimum atomic E-state index is -0.252. The third kappa shape index (κ3) is 5.00. The van der Waals surface area contributed by atoms with E-state index in [2.05, 4.69) is 26.0 Å². The zero-order valence-corrected chi connectivity index (χ0v) is 15.8. The van der Waals surface area contributed by atoms with Crippen molar-refractivity contribution in [3.63, 3.8) is 0 Å². The molecule has 0 aliphatic heterocycles. The Hall–Kier alpha value is -3.55. The lowest BCUT2D eigenvalue weighted by atomic mass is 10.1. The van der Waals surface area contributed by atoms with Gasteiger partial charge >= 0.3 is 0 Å². The van der Waals surface area contributed by atoms with Crippen molar-refractivity contribution < 1.29 is 9.59 Å². The molecular formula is C20H22N6O2. The Morgan fingerprint density at radius 2 is 1.75 bits per heavy atom. The van der Waals surface area contributed by atoms with Crippen LogP contribution in [-0.2, 0) is 16.1 Å². The van der Waals surface area contributed by atoms with E-state index in [1.807, 2.05) is 50.2 Å². The quantitative estimate of drug-likeness (QED) is 0.658. The second kappa shape index (κ2) is 8.90. The zero-order chi connectivity index (χ0) is 19.9. The molecular weight excluding hydrogens is 356 g/mol. The highest BCUT2D eigenvalue weighted by atomic mass is 16.2. The lowest BCUT2D eigenvalue weighted by Gasteiger charge is -2.08. The molecule has 0 fully saturated rings. The highest BCUT2D eigenvalue weighted by Crippen LogP contribution is 2.24. The molecule has 8 nitrogen and oxygen atoms in total. The Labute approximate surface area is 163 Å². The van der Waals surface area contributed by atoms with E-state index in [9.17, 15) is 9.59 Å². The van der Waals surface area contributed by atoms with Crippen molar-refractivity contribution in [2.45, 2.75) is 33.2 Å². The standard InChI is InChI=1S/C20H22N6O2/c1-3-6-18(27)22-17-8-5-4-7-16(17)20-23-25-26(24-20)13-19(28)21-15-11-9-14(2)10-12-15/h4-5,7-12H,3,6,13H2,1-2H3,(H,21,28)(H,22,27). The minimum Gasteiger partial charge on any atom is -0.325 e. The maximum atomic E-state index is 12.2. The normalized spacial score (nSPS) is 10.5. The van der Waals surface area contributed by atoms with Gasteiger partial charge in [-0.3, -0.25) is 9.59 Å². The molecule has 0 radical (unpaired) electrons. The second-order valence-electron chi connectivity index (χ2n) is 6.40. The van der Waals surface area contributed by atoms with Crippen molar-refractivity contribution in [3.05, 3.63) is 54.1 Å². The fourth-order valence-electron chi connectivity index (χ4n) is 2.61. The monoisotopic (exact) mass is 378 g/mol. The summed E-state index contributed by atoms with van der Waals surface area (Å²) in [5, 5.41) is 17.9. The molecule has 0 aliphatic rings. The molecule has 2 N–H and O–H groups in total. The van der Waals surface area contributed by atoms with Crippen LogP contribution in [0.15, 0.2) is 48.5 Å². The summed E-state index contributed by atoms with van der Waals surface area (Å²) in [6, 6.07) is 14.8. The fraction of sp³-hybridized carbons (Fsp3) is 0.250. The number of aromatic nitrogens is 4. The van der Waals surface area contributed by atoms with Crippen molar-refractivity contribution in [1.82, 2.24) is 20.2 Å². The van der Waals surface area contributed by atoms with Crippen molar-refractivity contribution in [1.29, 1.82) is 0 Å². The van der Waals surface area contributed by atoms with Crippen LogP contribution in [0.5, 0.6) is 0 Å². The van der Waals surface area contributed by atoms with E-state index in [1.165, 1.54) is 4.80 Å². The number of hydrogen-bond acceptors (Lipinski definition) is 5. The van der Waals surface area contributed by atoms with E-state index in [4.69, 9.17) is 0 Å². The fourth-order valence-corrected chi connectivity index (χ4v) is 2.61. The van der Waals surface area contributed by atoms with Gasteiger partial charge in [0.05, 0.1) is 5.69 Å². The molecule has 3 aromatic rings. The van der Waals surface area contributed by atoms with Crippen molar-refractivity contribution >= 4 is 23.2 Å². The Balaban J connectivity index is 1.69. The third-order valence-electron chi connectivity index (χ3n) is 3.99. The topological polar surface area (TPSA) is 102 Å². The first-order chi connectivity index (χ1) is 13.5. The third-order valence-corrected chi connectivity index (χ3v) is 3.99. The summed E-state index contributed by atoms with van der Waals surface area (Å²) < 4.78 is 0. The molecule has 1 heterocycles. The number of nitrogens with zero attached hydrogens (tertiary/aromatic N) is 4. The van der Waals surface area contributed by atoms with E-state index in [0.29, 0.717) is 29.2 Å². The molecule has 0 unspecified atom stereocenters. The summed E-state index contributed by atoms with van der Waals surface area (Å²) in [4.78, 5) is 25.3. The van der Waals surface area contributed by atoms with Gasteiger partial charge in [0.25, 0.3) is 0 Å². The van der Waals surface area contributed by atoms with Gasteiger partial charge in [-0.25, -0.2) is 0 Å². The second-order valence-corrected chi connectivity index (χ2v) is 6.40. The number of amides is 2. The average molecular weight is 378 g/mol. The number of carbonyl (C=O) groups is 2. The molecule has 0 spiro atoms. The highest BCUT2D eigenvalue weighted by molar-refractivity contribution is 5.94. The molecule has 0 bridgehead atoms. The SMILES string of the molecule is CCCC(=O)Nc1ccccc1-c1nnn(CC(=O)Nc2ccc(C)cc2)n1. The number of tetrazole rings is 1. The van der Waals surface area contributed by atoms with Crippen LogP contribution < -0.4 is 10.6 Å². The maximum absolute atomic E-state index is 12.2. The molecule has 28 heavy (non-hydrogen) atoms. The molecule has 144 valence electrons. The van der Waals surface area contributed by atoms with E-state index in [0.717, 1.165) is 12.0 Å². The highest BCUT2D eigenvalue weighted by Gasteiger charge is 2.14. The van der Waals surface area contributed by atoms with E-state index in [-0.39, 0.29) is 18.4 Å². The van der Waals surface area contributed by atoms with Crippen LogP contribution in [0, 0.1) is 6.92 Å². The number of hydrogen-bond donors (Lipinski definition) is 2. The molecule has 2 aromatic carbocycles. The first kappa shape index (κ1) is 19.2. The van der Waals surface area contributed by atoms with Crippen molar-refractivity contribution in [2.24, 2.45) is 0 Å². The van der Waals surface area contributed by atoms with E-state index >= 15 is 0 Å². The van der Waals surface area contributed by atoms with Crippen LogP contribution >= 0.6 is 0 Å². The number of anilines is 2. The molecule has 0 saturated heterocycles. The summed E-state index contributed by atoms with van der Waals surface area (Å²) >= 11 is 0. The van der Waals surface area contributed by atoms with Gasteiger partial charge in [-0.05, 0) is 42.8 Å². The van der Waals surface area contributed by atoms with Gasteiger partial charge in [-0.2, -0.15) is 4.80 Å². The predicted octanol–water partition coefficient (Wildman–Crippen LogP) is 3.03. The summed E-state index contributed by atoms with van der Waals surface area (Å²) in [6.07, 6.45) is 1.20. The van der Waals surface area contributed by atoms with Gasteiger partial charge in [0, 0.05) is 17.7 Å². The minimum absolute atomic E-state index is 0.0642. The lowest BCUT2D eigenvalue weighted by Crippen LogP contribution is -2.20. The van der Waals surface area contributed by atoms with Gasteiger partial charge in [-0.1, -0.05) is 36.8 Å². The smallest absolute Gasteiger partial charge is 0.248 e. The Bertz CT molecular complexity index is 965. The molecule has 0 aliphatic carbocycles. The Kier molecular flexibility index (Phi) is 6.11. The number of carbonyl (C=O) groups excluding carboxylic acids is 2. The first-order valence-corrected chi connectivity index (χ1v) is 9.08.